The van der Waals surface area contributed by atoms with Gasteiger partial charge >= 0.3 is 0 Å². The van der Waals surface area contributed by atoms with E-state index in [2.05, 4.69) is 24.9 Å². The number of hydrogen-bond donors (Lipinski definition) is 1. The van der Waals surface area contributed by atoms with Gasteiger partial charge in [-0.2, -0.15) is 0 Å². The van der Waals surface area contributed by atoms with E-state index in [4.69, 9.17) is 9.47 Å². The second kappa shape index (κ2) is 4.67. The number of hydrogen-bond acceptors (Lipinski definition) is 4. The van der Waals surface area contributed by atoms with Gasteiger partial charge in [-0.15, -0.1) is 0 Å². The lowest BCUT2D eigenvalue weighted by Crippen LogP contribution is -2.66. The van der Waals surface area contributed by atoms with Gasteiger partial charge in [-0.05, 0) is 62.7 Å². The summed E-state index contributed by atoms with van der Waals surface area (Å²) in [7, 11) is 3.99. The minimum Gasteiger partial charge on any atom is -0.493 e. The summed E-state index contributed by atoms with van der Waals surface area (Å²) in [5, 5.41) is 10.8. The zero-order valence-corrected chi connectivity index (χ0v) is 14.8. The van der Waals surface area contributed by atoms with Crippen molar-refractivity contribution >= 4 is 0 Å². The first kappa shape index (κ1) is 15.0. The molecular formula is C20H27NO3. The minimum absolute atomic E-state index is 0.0719. The number of nitrogens with zero attached hydrogens (tertiary/aromatic N) is 1. The van der Waals surface area contributed by atoms with Gasteiger partial charge in [0.05, 0.1) is 13.2 Å². The number of aliphatic hydroxyl groups excluding tert-OH is 1. The Bertz CT molecular complexity index is 704. The lowest BCUT2D eigenvalue weighted by atomic mass is 9.45. The molecule has 4 nitrogen and oxygen atoms in total. The Morgan fingerprint density at radius 3 is 2.96 bits per heavy atom. The lowest BCUT2D eigenvalue weighted by Gasteiger charge is -2.60. The monoisotopic (exact) mass is 329 g/mol. The van der Waals surface area contributed by atoms with E-state index >= 15 is 0 Å². The van der Waals surface area contributed by atoms with E-state index in [9.17, 15) is 5.11 Å². The van der Waals surface area contributed by atoms with E-state index in [1.165, 1.54) is 11.1 Å². The smallest absolute Gasteiger partial charge is 0.165 e. The average molecular weight is 329 g/mol. The number of rotatable bonds is 1. The van der Waals surface area contributed by atoms with Gasteiger partial charge in [-0.1, -0.05) is 13.0 Å². The van der Waals surface area contributed by atoms with Crippen molar-refractivity contribution in [3.8, 4) is 11.5 Å². The predicted octanol–water partition coefficient (Wildman–Crippen LogP) is 2.51. The molecular weight excluding hydrogens is 302 g/mol. The second-order valence-electron chi connectivity index (χ2n) is 8.47. The summed E-state index contributed by atoms with van der Waals surface area (Å²) in [5.74, 6) is 1.73. The van der Waals surface area contributed by atoms with Crippen molar-refractivity contribution in [3.63, 3.8) is 0 Å². The Morgan fingerprint density at radius 2 is 2.17 bits per heavy atom. The van der Waals surface area contributed by atoms with Crippen molar-refractivity contribution in [1.82, 2.24) is 4.90 Å². The summed E-state index contributed by atoms with van der Waals surface area (Å²) in [4.78, 5) is 2.56. The Hall–Kier alpha value is -1.26. The number of ether oxygens (including phenoxy) is 2. The molecule has 2 bridgehead atoms. The van der Waals surface area contributed by atoms with Gasteiger partial charge < -0.3 is 19.5 Å². The van der Waals surface area contributed by atoms with Gasteiger partial charge in [-0.25, -0.2) is 0 Å². The molecule has 5 atom stereocenters. The molecule has 0 amide bonds. The van der Waals surface area contributed by atoms with Crippen molar-refractivity contribution in [2.75, 3.05) is 20.7 Å². The minimum atomic E-state index is -0.384. The van der Waals surface area contributed by atoms with E-state index in [-0.39, 0.29) is 23.0 Å². The van der Waals surface area contributed by atoms with Crippen LogP contribution in [0.1, 0.15) is 43.7 Å². The fourth-order valence-electron chi connectivity index (χ4n) is 6.61. The van der Waals surface area contributed by atoms with Crippen molar-refractivity contribution in [3.05, 3.63) is 23.3 Å². The number of aliphatic hydroxyl groups is 1. The van der Waals surface area contributed by atoms with Crippen LogP contribution in [-0.2, 0) is 11.8 Å². The molecule has 24 heavy (non-hydrogen) atoms. The van der Waals surface area contributed by atoms with Crippen LogP contribution in [0.3, 0.4) is 0 Å². The molecule has 2 aliphatic heterocycles. The van der Waals surface area contributed by atoms with Crippen LogP contribution in [0, 0.1) is 5.41 Å². The van der Waals surface area contributed by atoms with Crippen molar-refractivity contribution in [2.45, 2.75) is 62.7 Å². The van der Waals surface area contributed by atoms with Crippen molar-refractivity contribution < 1.29 is 14.6 Å². The summed E-state index contributed by atoms with van der Waals surface area (Å²) in [6.07, 6.45) is 4.72. The number of likely N-dealkylation sites (N-methyl/N-ethyl adjacent to an activating group) is 1. The van der Waals surface area contributed by atoms with Gasteiger partial charge in [-0.3, -0.25) is 0 Å². The normalized spacial score (nSPS) is 42.9. The second-order valence-corrected chi connectivity index (χ2v) is 8.47. The molecule has 2 fully saturated rings. The summed E-state index contributed by atoms with van der Waals surface area (Å²) >= 11 is 0. The van der Waals surface area contributed by atoms with Gasteiger partial charge in [0.25, 0.3) is 0 Å². The zero-order chi connectivity index (χ0) is 16.7. The van der Waals surface area contributed by atoms with Crippen LogP contribution in [0.4, 0.5) is 0 Å². The third-order valence-corrected chi connectivity index (χ3v) is 7.70. The maximum Gasteiger partial charge on any atom is 0.165 e. The van der Waals surface area contributed by atoms with Gasteiger partial charge in [0.15, 0.2) is 11.5 Å². The molecule has 2 aliphatic carbocycles. The quantitative estimate of drug-likeness (QED) is 0.860. The lowest BCUT2D eigenvalue weighted by molar-refractivity contribution is -0.114. The molecule has 1 aromatic rings. The molecule has 0 radical (unpaired) electrons. The Balaban J connectivity index is 1.84. The van der Waals surface area contributed by atoms with Crippen LogP contribution in [0.25, 0.3) is 0 Å². The van der Waals surface area contributed by atoms with Crippen LogP contribution in [0.2, 0.25) is 0 Å². The molecule has 3 unspecified atom stereocenters. The molecule has 1 N–H and O–H groups in total. The van der Waals surface area contributed by atoms with Crippen LogP contribution in [0.15, 0.2) is 12.1 Å². The highest BCUT2D eigenvalue weighted by atomic mass is 16.5. The Morgan fingerprint density at radius 1 is 1.33 bits per heavy atom. The maximum atomic E-state index is 10.8. The largest absolute Gasteiger partial charge is 0.493 e. The highest BCUT2D eigenvalue weighted by Gasteiger charge is 2.69. The first-order valence-electron chi connectivity index (χ1n) is 9.28. The molecule has 4 heteroatoms. The van der Waals surface area contributed by atoms with E-state index in [1.807, 2.05) is 6.07 Å². The van der Waals surface area contributed by atoms with Crippen LogP contribution in [0.5, 0.6) is 11.5 Å². The fourth-order valence-corrected chi connectivity index (χ4v) is 6.61. The average Bonchev–Trinajstić information content (AvgIpc) is 2.91. The van der Waals surface area contributed by atoms with Crippen molar-refractivity contribution in [1.29, 1.82) is 0 Å². The van der Waals surface area contributed by atoms with Crippen LogP contribution < -0.4 is 9.47 Å². The summed E-state index contributed by atoms with van der Waals surface area (Å²) in [6.45, 7) is 3.59. The number of likely N-dealkylation sites (tertiary alicyclic amines) is 1. The number of methoxy groups -OCH3 is 1. The molecule has 2 heterocycles. The molecule has 5 rings (SSSR count). The molecule has 0 aromatic heterocycles. The standard InChI is InChI=1S/C20H27NO3/c1-19-9-7-13(22)18-20(19)8-4-10-21(2)15(19)11-12-5-6-14(23-3)17(24-18)16(12)20/h5-6,13,15,18,22H,4,7-11H2,1-3H3/t13?,15?,18-,19?,20-/m0/s1. The van der Waals surface area contributed by atoms with Crippen LogP contribution in [-0.4, -0.2) is 49.0 Å². The van der Waals surface area contributed by atoms with Gasteiger partial charge in [0.2, 0.25) is 0 Å². The van der Waals surface area contributed by atoms with Gasteiger partial charge in [0, 0.05) is 17.0 Å². The highest BCUT2D eigenvalue weighted by molar-refractivity contribution is 5.61. The topological polar surface area (TPSA) is 41.9 Å². The highest BCUT2D eigenvalue weighted by Crippen LogP contribution is 2.68. The first-order valence-corrected chi connectivity index (χ1v) is 9.28. The Labute approximate surface area is 143 Å². The molecule has 130 valence electrons. The summed E-state index contributed by atoms with van der Waals surface area (Å²) in [6, 6.07) is 4.80. The van der Waals surface area contributed by atoms with E-state index < -0.39 is 0 Å². The summed E-state index contributed by atoms with van der Waals surface area (Å²) < 4.78 is 12.1. The van der Waals surface area contributed by atoms with E-state index in [0.717, 1.165) is 50.1 Å². The third kappa shape index (κ3) is 1.49. The van der Waals surface area contributed by atoms with Crippen LogP contribution >= 0.6 is 0 Å². The summed E-state index contributed by atoms with van der Waals surface area (Å²) in [5.41, 5.74) is 2.84. The molecule has 1 aromatic carbocycles. The Kier molecular flexibility index (Phi) is 2.93. The third-order valence-electron chi connectivity index (χ3n) is 7.70. The van der Waals surface area contributed by atoms with E-state index in [0.29, 0.717) is 6.04 Å². The van der Waals surface area contributed by atoms with E-state index in [1.54, 1.807) is 7.11 Å². The van der Waals surface area contributed by atoms with Crippen molar-refractivity contribution in [2.24, 2.45) is 5.41 Å². The molecule has 4 aliphatic rings. The predicted molar refractivity (Wildman–Crippen MR) is 91.8 cm³/mol. The molecule has 1 saturated heterocycles. The zero-order valence-electron chi connectivity index (χ0n) is 14.8. The maximum absolute atomic E-state index is 10.8. The molecule has 1 spiro atoms. The van der Waals surface area contributed by atoms with Gasteiger partial charge in [0.1, 0.15) is 6.10 Å². The SMILES string of the molecule is COc1ccc2c3c1O[C@H]1C(O)CCC4(C)C(C2)N(C)CCC[C@]314. The fraction of sp³-hybridized carbons (Fsp3) is 0.700. The molecule has 1 saturated carbocycles. The number of benzene rings is 1. The first-order chi connectivity index (χ1) is 11.5.